The summed E-state index contributed by atoms with van der Waals surface area (Å²) in [7, 11) is 0. The first-order valence-corrected chi connectivity index (χ1v) is 6.90. The maximum atomic E-state index is 12.9. The van der Waals surface area contributed by atoms with E-state index in [0.29, 0.717) is 0 Å². The number of anilines is 1. The number of hydrogen-bond acceptors (Lipinski definition) is 1. The zero-order chi connectivity index (χ0) is 14.7. The molecule has 2 heteroatoms. The predicted molar refractivity (Wildman–Crippen MR) is 85.5 cm³/mol. The number of nitrogens with two attached hydrogens (primary N) is 1. The maximum Gasteiger partial charge on any atom is 0.123 e. The van der Waals surface area contributed by atoms with Gasteiger partial charge in [-0.05, 0) is 52.9 Å². The van der Waals surface area contributed by atoms with E-state index in [-0.39, 0.29) is 5.82 Å². The Hall–Kier alpha value is -2.61. The van der Waals surface area contributed by atoms with Crippen LogP contribution in [0.15, 0.2) is 72.8 Å². The van der Waals surface area contributed by atoms with Crippen molar-refractivity contribution in [1.29, 1.82) is 0 Å². The Bertz CT molecular complexity index is 713. The Morgan fingerprint density at radius 1 is 0.619 bits per heavy atom. The fourth-order valence-corrected chi connectivity index (χ4v) is 2.33. The average molecular weight is 277 g/mol. The van der Waals surface area contributed by atoms with E-state index in [2.05, 4.69) is 24.3 Å². The fourth-order valence-electron chi connectivity index (χ4n) is 2.33. The minimum atomic E-state index is -0.210. The summed E-state index contributed by atoms with van der Waals surface area (Å²) in [6, 6.07) is 22.8. The predicted octanol–water partition coefficient (Wildman–Crippen LogP) is 4.67. The standard InChI is InChI=1S/C19H16FN/c20-18-9-7-17(8-10-18)16-5-1-14(2-6-16)13-15-3-11-19(21)12-4-15/h1-12H,13,21H2. The molecule has 3 rings (SSSR count). The molecule has 3 aromatic carbocycles. The van der Waals surface area contributed by atoms with Crippen LogP contribution >= 0.6 is 0 Å². The molecule has 0 aromatic heterocycles. The summed E-state index contributed by atoms with van der Waals surface area (Å²) in [5, 5.41) is 0. The molecule has 3 aromatic rings. The number of hydrogen-bond donors (Lipinski definition) is 1. The SMILES string of the molecule is Nc1ccc(Cc2ccc(-c3ccc(F)cc3)cc2)cc1. The van der Waals surface area contributed by atoms with Crippen molar-refractivity contribution in [1.82, 2.24) is 0 Å². The molecule has 0 radical (unpaired) electrons. The third-order valence-electron chi connectivity index (χ3n) is 3.52. The van der Waals surface area contributed by atoms with Crippen molar-refractivity contribution in [3.8, 4) is 11.1 Å². The highest BCUT2D eigenvalue weighted by Gasteiger charge is 2.00. The van der Waals surface area contributed by atoms with Gasteiger partial charge < -0.3 is 5.73 Å². The minimum absolute atomic E-state index is 0.210. The van der Waals surface area contributed by atoms with Gasteiger partial charge in [-0.1, -0.05) is 48.5 Å². The smallest absolute Gasteiger partial charge is 0.123 e. The molecule has 1 nitrogen and oxygen atoms in total. The normalized spacial score (nSPS) is 10.5. The van der Waals surface area contributed by atoms with Crippen LogP contribution in [0.2, 0.25) is 0 Å². The highest BCUT2D eigenvalue weighted by molar-refractivity contribution is 5.63. The Balaban J connectivity index is 1.77. The maximum absolute atomic E-state index is 12.9. The number of rotatable bonds is 3. The van der Waals surface area contributed by atoms with Gasteiger partial charge in [0.05, 0.1) is 0 Å². The molecule has 0 aliphatic rings. The molecule has 0 amide bonds. The largest absolute Gasteiger partial charge is 0.399 e. The van der Waals surface area contributed by atoms with E-state index in [1.807, 2.05) is 24.3 Å². The highest BCUT2D eigenvalue weighted by Crippen LogP contribution is 2.21. The first-order valence-electron chi connectivity index (χ1n) is 6.90. The van der Waals surface area contributed by atoms with Crippen LogP contribution in [0.1, 0.15) is 11.1 Å². The average Bonchev–Trinajstić information content (AvgIpc) is 2.51. The molecule has 0 atom stereocenters. The second kappa shape index (κ2) is 5.80. The first kappa shape index (κ1) is 13.4. The van der Waals surface area contributed by atoms with Gasteiger partial charge in [0.1, 0.15) is 5.82 Å². The second-order valence-corrected chi connectivity index (χ2v) is 5.12. The molecular weight excluding hydrogens is 261 g/mol. The van der Waals surface area contributed by atoms with E-state index in [4.69, 9.17) is 5.73 Å². The summed E-state index contributed by atoms with van der Waals surface area (Å²) in [4.78, 5) is 0. The topological polar surface area (TPSA) is 26.0 Å². The third-order valence-corrected chi connectivity index (χ3v) is 3.52. The van der Waals surface area contributed by atoms with E-state index in [9.17, 15) is 4.39 Å². The molecule has 0 spiro atoms. The van der Waals surface area contributed by atoms with Crippen LogP contribution in [0.4, 0.5) is 10.1 Å². The van der Waals surface area contributed by atoms with Crippen molar-refractivity contribution < 1.29 is 4.39 Å². The Morgan fingerprint density at radius 2 is 1.05 bits per heavy atom. The van der Waals surface area contributed by atoms with Gasteiger partial charge in [0.15, 0.2) is 0 Å². The molecule has 0 unspecified atom stereocenters. The summed E-state index contributed by atoms with van der Waals surface area (Å²) >= 11 is 0. The van der Waals surface area contributed by atoms with E-state index < -0.39 is 0 Å². The van der Waals surface area contributed by atoms with Crippen molar-refractivity contribution in [2.45, 2.75) is 6.42 Å². The van der Waals surface area contributed by atoms with E-state index in [1.165, 1.54) is 23.3 Å². The van der Waals surface area contributed by atoms with Crippen LogP contribution in [-0.2, 0) is 6.42 Å². The lowest BCUT2D eigenvalue weighted by atomic mass is 10.0. The van der Waals surface area contributed by atoms with Crippen LogP contribution in [-0.4, -0.2) is 0 Å². The van der Waals surface area contributed by atoms with E-state index >= 15 is 0 Å². The summed E-state index contributed by atoms with van der Waals surface area (Å²) in [5.41, 5.74) is 11.1. The summed E-state index contributed by atoms with van der Waals surface area (Å²) in [6.45, 7) is 0. The molecule has 0 aliphatic carbocycles. The minimum Gasteiger partial charge on any atom is -0.399 e. The first-order chi connectivity index (χ1) is 10.2. The second-order valence-electron chi connectivity index (χ2n) is 5.12. The van der Waals surface area contributed by atoms with Gasteiger partial charge in [0.25, 0.3) is 0 Å². The quantitative estimate of drug-likeness (QED) is 0.692. The van der Waals surface area contributed by atoms with Crippen LogP contribution in [0.25, 0.3) is 11.1 Å². The van der Waals surface area contributed by atoms with Gasteiger partial charge in [0.2, 0.25) is 0 Å². The van der Waals surface area contributed by atoms with Gasteiger partial charge >= 0.3 is 0 Å². The molecular formula is C19H16FN. The van der Waals surface area contributed by atoms with Crippen molar-refractivity contribution in [3.63, 3.8) is 0 Å². The van der Waals surface area contributed by atoms with Crippen molar-refractivity contribution in [2.75, 3.05) is 5.73 Å². The van der Waals surface area contributed by atoms with Crippen molar-refractivity contribution >= 4 is 5.69 Å². The molecule has 2 N–H and O–H groups in total. The van der Waals surface area contributed by atoms with Gasteiger partial charge in [0, 0.05) is 5.69 Å². The molecule has 0 bridgehead atoms. The highest BCUT2D eigenvalue weighted by atomic mass is 19.1. The van der Waals surface area contributed by atoms with Crippen LogP contribution in [0.3, 0.4) is 0 Å². The summed E-state index contributed by atoms with van der Waals surface area (Å²) in [6.07, 6.45) is 0.879. The number of benzene rings is 3. The zero-order valence-electron chi connectivity index (χ0n) is 11.6. The van der Waals surface area contributed by atoms with Crippen LogP contribution in [0, 0.1) is 5.82 Å². The molecule has 21 heavy (non-hydrogen) atoms. The van der Waals surface area contributed by atoms with Crippen LogP contribution in [0.5, 0.6) is 0 Å². The summed E-state index contributed by atoms with van der Waals surface area (Å²) < 4.78 is 12.9. The molecule has 0 fully saturated rings. The lowest BCUT2D eigenvalue weighted by molar-refractivity contribution is 0.628. The Labute approximate surface area is 123 Å². The lowest BCUT2D eigenvalue weighted by Crippen LogP contribution is -1.90. The molecule has 0 saturated carbocycles. The fraction of sp³-hybridized carbons (Fsp3) is 0.0526. The Kier molecular flexibility index (Phi) is 3.69. The van der Waals surface area contributed by atoms with Crippen molar-refractivity contribution in [2.24, 2.45) is 0 Å². The molecule has 104 valence electrons. The number of nitrogen functional groups attached to an aromatic ring is 1. The van der Waals surface area contributed by atoms with Crippen LogP contribution < -0.4 is 5.73 Å². The zero-order valence-corrected chi connectivity index (χ0v) is 11.6. The third kappa shape index (κ3) is 3.29. The van der Waals surface area contributed by atoms with Crippen molar-refractivity contribution in [3.05, 3.63) is 89.7 Å². The molecule has 0 aliphatic heterocycles. The van der Waals surface area contributed by atoms with E-state index in [0.717, 1.165) is 23.2 Å². The number of halogens is 1. The van der Waals surface area contributed by atoms with Gasteiger partial charge in [-0.25, -0.2) is 4.39 Å². The van der Waals surface area contributed by atoms with Gasteiger partial charge in [-0.3, -0.25) is 0 Å². The van der Waals surface area contributed by atoms with E-state index in [1.54, 1.807) is 12.1 Å². The summed E-state index contributed by atoms with van der Waals surface area (Å²) in [5.74, 6) is -0.210. The Morgan fingerprint density at radius 3 is 1.57 bits per heavy atom. The molecule has 0 heterocycles. The lowest BCUT2D eigenvalue weighted by Gasteiger charge is -2.05. The molecule has 0 saturated heterocycles. The van der Waals surface area contributed by atoms with Gasteiger partial charge in [-0.2, -0.15) is 0 Å². The monoisotopic (exact) mass is 277 g/mol. The van der Waals surface area contributed by atoms with Gasteiger partial charge in [-0.15, -0.1) is 0 Å².